The molecule has 1 aromatic rings. The number of rotatable bonds is 4. The van der Waals surface area contributed by atoms with Gasteiger partial charge in [0.25, 0.3) is 0 Å². The van der Waals surface area contributed by atoms with Crippen LogP contribution in [0.1, 0.15) is 48.9 Å². The van der Waals surface area contributed by atoms with Crippen molar-refractivity contribution in [2.45, 2.75) is 45.1 Å². The van der Waals surface area contributed by atoms with Crippen molar-refractivity contribution in [1.82, 2.24) is 20.2 Å². The van der Waals surface area contributed by atoms with Crippen LogP contribution in [0, 0.1) is 6.92 Å². The molecule has 2 heterocycles. The molecule has 5 nitrogen and oxygen atoms in total. The van der Waals surface area contributed by atoms with Crippen LogP contribution in [0.5, 0.6) is 0 Å². The first kappa shape index (κ1) is 14.9. The molecule has 110 valence electrons. The number of hydrogen-bond donors (Lipinski definition) is 1. The summed E-state index contributed by atoms with van der Waals surface area (Å²) in [5.74, 6) is 0.931. The highest BCUT2D eigenvalue weighted by atomic mass is 16.2. The van der Waals surface area contributed by atoms with Crippen molar-refractivity contribution in [2.75, 3.05) is 20.6 Å². The van der Waals surface area contributed by atoms with Crippen LogP contribution in [0.3, 0.4) is 0 Å². The molecule has 1 N–H and O–H groups in total. The van der Waals surface area contributed by atoms with Crippen molar-refractivity contribution >= 4 is 5.91 Å². The quantitative estimate of drug-likeness (QED) is 0.908. The molecule has 0 radical (unpaired) electrons. The lowest BCUT2D eigenvalue weighted by Crippen LogP contribution is -2.28. The third-order valence-corrected chi connectivity index (χ3v) is 3.67. The van der Waals surface area contributed by atoms with E-state index in [0.29, 0.717) is 18.9 Å². The van der Waals surface area contributed by atoms with E-state index in [2.05, 4.69) is 21.4 Å². The van der Waals surface area contributed by atoms with Crippen LogP contribution < -0.4 is 5.32 Å². The molecule has 0 spiro atoms. The Balaban J connectivity index is 2.06. The van der Waals surface area contributed by atoms with Crippen molar-refractivity contribution in [3.8, 4) is 0 Å². The van der Waals surface area contributed by atoms with Gasteiger partial charge in [0.2, 0.25) is 5.91 Å². The molecule has 1 atom stereocenters. The van der Waals surface area contributed by atoms with Gasteiger partial charge in [-0.25, -0.2) is 9.97 Å². The van der Waals surface area contributed by atoms with E-state index in [1.165, 1.54) is 12.8 Å². The lowest BCUT2D eigenvalue weighted by atomic mass is 10.0. The summed E-state index contributed by atoms with van der Waals surface area (Å²) in [6.07, 6.45) is 4.80. The highest BCUT2D eigenvalue weighted by Gasteiger charge is 2.17. The van der Waals surface area contributed by atoms with Crippen molar-refractivity contribution in [3.63, 3.8) is 0 Å². The van der Waals surface area contributed by atoms with Gasteiger partial charge in [0.15, 0.2) is 0 Å². The van der Waals surface area contributed by atoms with Gasteiger partial charge in [-0.05, 0) is 38.8 Å². The van der Waals surface area contributed by atoms with E-state index in [0.717, 1.165) is 30.2 Å². The van der Waals surface area contributed by atoms with E-state index in [1.807, 2.05) is 6.92 Å². The SMILES string of the molecule is Cc1nc(CCC(=O)N(C)C)cc([C@H]2CCCCN2)n1. The Bertz CT molecular complexity index is 467. The fourth-order valence-electron chi connectivity index (χ4n) is 2.52. The molecule has 20 heavy (non-hydrogen) atoms. The maximum atomic E-state index is 11.7. The third kappa shape index (κ3) is 4.00. The lowest BCUT2D eigenvalue weighted by molar-refractivity contribution is -0.128. The Kier molecular flexibility index (Phi) is 5.06. The molecule has 2 rings (SSSR count). The van der Waals surface area contributed by atoms with Gasteiger partial charge in [-0.15, -0.1) is 0 Å². The zero-order valence-corrected chi connectivity index (χ0v) is 12.6. The van der Waals surface area contributed by atoms with Gasteiger partial charge in [0, 0.05) is 32.3 Å². The molecule has 0 bridgehead atoms. The molecule has 1 fully saturated rings. The standard InChI is InChI=1S/C15H24N4O/c1-11-17-12(7-8-15(20)19(2)3)10-14(18-11)13-6-4-5-9-16-13/h10,13,16H,4-9H2,1-3H3/t13-/m1/s1. The van der Waals surface area contributed by atoms with E-state index < -0.39 is 0 Å². The molecular formula is C15H24N4O. The summed E-state index contributed by atoms with van der Waals surface area (Å²) in [5, 5.41) is 3.51. The van der Waals surface area contributed by atoms with Crippen LogP contribution in [0.2, 0.25) is 0 Å². The van der Waals surface area contributed by atoms with E-state index >= 15 is 0 Å². The van der Waals surface area contributed by atoms with Gasteiger partial charge in [-0.1, -0.05) is 6.42 Å². The molecule has 0 unspecified atom stereocenters. The van der Waals surface area contributed by atoms with Gasteiger partial charge >= 0.3 is 0 Å². The molecule has 1 saturated heterocycles. The molecule has 1 aliphatic heterocycles. The highest BCUT2D eigenvalue weighted by molar-refractivity contribution is 5.75. The first-order valence-electron chi connectivity index (χ1n) is 7.34. The van der Waals surface area contributed by atoms with Crippen molar-refractivity contribution in [2.24, 2.45) is 0 Å². The average Bonchev–Trinajstić information content (AvgIpc) is 2.45. The summed E-state index contributed by atoms with van der Waals surface area (Å²) < 4.78 is 0. The zero-order valence-electron chi connectivity index (χ0n) is 12.6. The van der Waals surface area contributed by atoms with Crippen LogP contribution in [-0.4, -0.2) is 41.4 Å². The fraction of sp³-hybridized carbons (Fsp3) is 0.667. The lowest BCUT2D eigenvalue weighted by Gasteiger charge is -2.23. The molecule has 1 aromatic heterocycles. The van der Waals surface area contributed by atoms with E-state index in [4.69, 9.17) is 0 Å². The Morgan fingerprint density at radius 3 is 2.85 bits per heavy atom. The van der Waals surface area contributed by atoms with Crippen molar-refractivity contribution < 1.29 is 4.79 Å². The van der Waals surface area contributed by atoms with Gasteiger partial charge in [-0.2, -0.15) is 0 Å². The smallest absolute Gasteiger partial charge is 0.222 e. The predicted molar refractivity (Wildman–Crippen MR) is 78.4 cm³/mol. The molecule has 0 aromatic carbocycles. The second-order valence-electron chi connectivity index (χ2n) is 5.62. The molecule has 0 aliphatic carbocycles. The minimum atomic E-state index is 0.138. The summed E-state index contributed by atoms with van der Waals surface area (Å²) in [6.45, 7) is 2.98. The fourth-order valence-corrected chi connectivity index (χ4v) is 2.52. The maximum absolute atomic E-state index is 11.7. The number of hydrogen-bond acceptors (Lipinski definition) is 4. The highest BCUT2D eigenvalue weighted by Crippen LogP contribution is 2.22. The number of aryl methyl sites for hydroxylation is 2. The zero-order chi connectivity index (χ0) is 14.5. The molecule has 5 heteroatoms. The average molecular weight is 276 g/mol. The van der Waals surface area contributed by atoms with Crippen LogP contribution in [0.4, 0.5) is 0 Å². The number of piperidine rings is 1. The van der Waals surface area contributed by atoms with Crippen molar-refractivity contribution in [3.05, 3.63) is 23.3 Å². The summed E-state index contributed by atoms with van der Waals surface area (Å²) in [7, 11) is 3.57. The number of nitrogens with one attached hydrogen (secondary N) is 1. The normalized spacial score (nSPS) is 18.9. The van der Waals surface area contributed by atoms with Gasteiger partial charge in [-0.3, -0.25) is 4.79 Å². The predicted octanol–water partition coefficient (Wildman–Crippen LogP) is 1.62. The van der Waals surface area contributed by atoms with Gasteiger partial charge in [0.05, 0.1) is 5.69 Å². The summed E-state index contributed by atoms with van der Waals surface area (Å²) in [5.41, 5.74) is 2.04. The largest absolute Gasteiger partial charge is 0.349 e. The second-order valence-corrected chi connectivity index (χ2v) is 5.62. The molecule has 1 aliphatic rings. The third-order valence-electron chi connectivity index (χ3n) is 3.67. The molecule has 1 amide bonds. The number of carbonyl (C=O) groups is 1. The van der Waals surface area contributed by atoms with Gasteiger partial charge < -0.3 is 10.2 Å². The minimum absolute atomic E-state index is 0.138. The Hall–Kier alpha value is -1.49. The monoisotopic (exact) mass is 276 g/mol. The van der Waals surface area contributed by atoms with E-state index in [1.54, 1.807) is 19.0 Å². The Morgan fingerprint density at radius 1 is 1.40 bits per heavy atom. The summed E-state index contributed by atoms with van der Waals surface area (Å²) >= 11 is 0. The molecular weight excluding hydrogens is 252 g/mol. The molecule has 0 saturated carbocycles. The van der Waals surface area contributed by atoms with Crippen LogP contribution in [0.15, 0.2) is 6.07 Å². The second kappa shape index (κ2) is 6.79. The number of aromatic nitrogens is 2. The maximum Gasteiger partial charge on any atom is 0.222 e. The number of amides is 1. The minimum Gasteiger partial charge on any atom is -0.349 e. The first-order valence-corrected chi connectivity index (χ1v) is 7.34. The Morgan fingerprint density at radius 2 is 2.20 bits per heavy atom. The Labute approximate surface area is 120 Å². The van der Waals surface area contributed by atoms with Gasteiger partial charge in [0.1, 0.15) is 5.82 Å². The first-order chi connectivity index (χ1) is 9.56. The van der Waals surface area contributed by atoms with Crippen molar-refractivity contribution in [1.29, 1.82) is 0 Å². The number of carbonyl (C=O) groups excluding carboxylic acids is 1. The van der Waals surface area contributed by atoms with E-state index in [9.17, 15) is 4.79 Å². The van der Waals surface area contributed by atoms with Crippen LogP contribution in [-0.2, 0) is 11.2 Å². The van der Waals surface area contributed by atoms with Crippen LogP contribution in [0.25, 0.3) is 0 Å². The summed E-state index contributed by atoms with van der Waals surface area (Å²) in [6, 6.07) is 2.40. The van der Waals surface area contributed by atoms with E-state index in [-0.39, 0.29) is 5.91 Å². The van der Waals surface area contributed by atoms with Crippen LogP contribution >= 0.6 is 0 Å². The topological polar surface area (TPSA) is 58.1 Å². The number of nitrogens with zero attached hydrogens (tertiary/aromatic N) is 3. The summed E-state index contributed by atoms with van der Waals surface area (Å²) in [4.78, 5) is 22.3.